The van der Waals surface area contributed by atoms with Crippen molar-refractivity contribution >= 4 is 35.6 Å². The summed E-state index contributed by atoms with van der Waals surface area (Å²) in [6, 6.07) is 6.46. The van der Waals surface area contributed by atoms with Gasteiger partial charge in [-0.15, -0.1) is 37.1 Å². The Morgan fingerprint density at radius 1 is 1.15 bits per heavy atom. The number of halogens is 4. The third-order valence-electron chi connectivity index (χ3n) is 4.69. The van der Waals surface area contributed by atoms with Gasteiger partial charge in [0, 0.05) is 6.04 Å². The molecule has 1 aromatic rings. The number of benzene rings is 1. The molecule has 3 N–H and O–H groups in total. The molecule has 2 fully saturated rings. The second-order valence-corrected chi connectivity index (χ2v) is 6.56. The second-order valence-electron chi connectivity index (χ2n) is 6.56. The van der Waals surface area contributed by atoms with E-state index in [9.17, 15) is 13.2 Å². The summed E-state index contributed by atoms with van der Waals surface area (Å²) in [5, 5.41) is 2.72. The normalized spacial score (nSPS) is 24.3. The number of nitrogens with two attached hydrogens (primary N) is 1. The van der Waals surface area contributed by atoms with Gasteiger partial charge in [0.1, 0.15) is 0 Å². The lowest BCUT2D eigenvalue weighted by atomic mass is 9.85. The summed E-state index contributed by atoms with van der Waals surface area (Å²) in [4.78, 5) is 6.89. The molecule has 0 radical (unpaired) electrons. The van der Waals surface area contributed by atoms with Crippen LogP contribution in [0, 0.1) is 0 Å². The summed E-state index contributed by atoms with van der Waals surface area (Å²) in [5.41, 5.74) is 6.01. The van der Waals surface area contributed by atoms with Crippen LogP contribution < -0.4 is 15.8 Å². The molecule has 1 aliphatic heterocycles. The number of anilines is 1. The zero-order valence-electron chi connectivity index (χ0n) is 14.3. The lowest BCUT2D eigenvalue weighted by Crippen LogP contribution is -2.49. The van der Waals surface area contributed by atoms with Gasteiger partial charge in [-0.3, -0.25) is 0 Å². The zero-order chi connectivity index (χ0) is 17.9. The standard InChI is InChI=1S/C17H23F3N4O.HI/c18-17(19,20)25-15-7-3-2-6-14(15)23-16(21)22-12-10-13(11-12)24-8-4-1-5-9-24;/h2-3,6-7,12-13H,1,4-5,8-11H2,(H3,21,22,23);1H. The number of alkyl halides is 3. The van der Waals surface area contributed by atoms with E-state index in [-0.39, 0.29) is 47.4 Å². The average molecular weight is 484 g/mol. The molecule has 1 aliphatic carbocycles. The Bertz CT molecular complexity index is 614. The first-order chi connectivity index (χ1) is 11.9. The predicted molar refractivity (Wildman–Crippen MR) is 106 cm³/mol. The minimum atomic E-state index is -4.75. The fraction of sp³-hybridized carbons (Fsp3) is 0.588. The lowest BCUT2D eigenvalue weighted by Gasteiger charge is -2.43. The number of hydrogen-bond donors (Lipinski definition) is 2. The second kappa shape index (κ2) is 9.12. The SMILES string of the molecule is I.NC(=NC1CC(N2CCCCC2)C1)Nc1ccccc1OC(F)(F)F. The molecule has 0 atom stereocenters. The maximum Gasteiger partial charge on any atom is 0.573 e. The average Bonchev–Trinajstić information content (AvgIpc) is 2.52. The number of aliphatic imine (C=N–C) groups is 1. The Morgan fingerprint density at radius 2 is 1.81 bits per heavy atom. The molecule has 0 spiro atoms. The monoisotopic (exact) mass is 484 g/mol. The highest BCUT2D eigenvalue weighted by molar-refractivity contribution is 14.0. The van der Waals surface area contributed by atoms with Crippen molar-refractivity contribution in [2.24, 2.45) is 10.7 Å². The van der Waals surface area contributed by atoms with Gasteiger partial charge < -0.3 is 20.7 Å². The van der Waals surface area contributed by atoms with Gasteiger partial charge in [0.05, 0.1) is 11.7 Å². The lowest BCUT2D eigenvalue weighted by molar-refractivity contribution is -0.274. The van der Waals surface area contributed by atoms with E-state index in [2.05, 4.69) is 19.9 Å². The Labute approximate surface area is 168 Å². The van der Waals surface area contributed by atoms with Gasteiger partial charge in [0.25, 0.3) is 0 Å². The van der Waals surface area contributed by atoms with Gasteiger partial charge in [-0.1, -0.05) is 18.6 Å². The van der Waals surface area contributed by atoms with Crippen LogP contribution >= 0.6 is 24.0 Å². The molecule has 1 aromatic carbocycles. The largest absolute Gasteiger partial charge is 0.573 e. The highest BCUT2D eigenvalue weighted by Gasteiger charge is 2.34. The quantitative estimate of drug-likeness (QED) is 0.386. The maximum absolute atomic E-state index is 12.4. The Balaban J connectivity index is 0.00000243. The van der Waals surface area contributed by atoms with Crippen molar-refractivity contribution < 1.29 is 17.9 Å². The summed E-state index contributed by atoms with van der Waals surface area (Å²) >= 11 is 0. The minimum absolute atomic E-state index is 0. The fourth-order valence-electron chi connectivity index (χ4n) is 3.40. The third kappa shape index (κ3) is 5.90. The van der Waals surface area contributed by atoms with Crippen LogP contribution in [0.5, 0.6) is 5.75 Å². The highest BCUT2D eigenvalue weighted by atomic mass is 127. The van der Waals surface area contributed by atoms with Crippen molar-refractivity contribution in [2.75, 3.05) is 18.4 Å². The molecule has 5 nitrogen and oxygen atoms in total. The van der Waals surface area contributed by atoms with Crippen LogP contribution in [0.15, 0.2) is 29.3 Å². The van der Waals surface area contributed by atoms with Gasteiger partial charge in [0.15, 0.2) is 11.7 Å². The first kappa shape index (κ1) is 21.1. The number of likely N-dealkylation sites (tertiary alicyclic amines) is 1. The molecule has 0 unspecified atom stereocenters. The number of nitrogens with zero attached hydrogens (tertiary/aromatic N) is 2. The van der Waals surface area contributed by atoms with Crippen molar-refractivity contribution in [2.45, 2.75) is 50.6 Å². The van der Waals surface area contributed by atoms with Crippen LogP contribution in [0.4, 0.5) is 18.9 Å². The third-order valence-corrected chi connectivity index (χ3v) is 4.69. The summed E-state index contributed by atoms with van der Waals surface area (Å²) < 4.78 is 41.3. The number of rotatable bonds is 4. The van der Waals surface area contributed by atoms with Gasteiger partial charge in [-0.2, -0.15) is 0 Å². The van der Waals surface area contributed by atoms with E-state index in [0.29, 0.717) is 6.04 Å². The van der Waals surface area contributed by atoms with Crippen molar-refractivity contribution in [1.29, 1.82) is 0 Å². The van der Waals surface area contributed by atoms with Crippen LogP contribution in [0.3, 0.4) is 0 Å². The Morgan fingerprint density at radius 3 is 2.46 bits per heavy atom. The number of ether oxygens (including phenoxy) is 1. The molecule has 1 saturated heterocycles. The number of para-hydroxylation sites is 2. The van der Waals surface area contributed by atoms with E-state index in [1.54, 1.807) is 6.07 Å². The topological polar surface area (TPSA) is 62.9 Å². The van der Waals surface area contributed by atoms with E-state index < -0.39 is 6.36 Å². The maximum atomic E-state index is 12.4. The molecule has 146 valence electrons. The summed E-state index contributed by atoms with van der Waals surface area (Å²) in [6.45, 7) is 2.30. The molecule has 0 amide bonds. The van der Waals surface area contributed by atoms with Crippen LogP contribution in [0.25, 0.3) is 0 Å². The minimum Gasteiger partial charge on any atom is -0.404 e. The molecular weight excluding hydrogens is 460 g/mol. The van der Waals surface area contributed by atoms with E-state index >= 15 is 0 Å². The number of piperidine rings is 1. The Kier molecular flexibility index (Phi) is 7.39. The van der Waals surface area contributed by atoms with Gasteiger partial charge in [-0.05, 0) is 50.9 Å². The summed E-state index contributed by atoms with van der Waals surface area (Å²) in [6.07, 6.45) is 0.959. The Hall–Kier alpha value is -1.23. The van der Waals surface area contributed by atoms with E-state index in [1.165, 1.54) is 37.5 Å². The highest BCUT2D eigenvalue weighted by Crippen LogP contribution is 2.32. The summed E-state index contributed by atoms with van der Waals surface area (Å²) in [7, 11) is 0. The molecule has 9 heteroatoms. The zero-order valence-corrected chi connectivity index (χ0v) is 16.7. The number of guanidine groups is 1. The van der Waals surface area contributed by atoms with Crippen LogP contribution in [0.2, 0.25) is 0 Å². The molecule has 1 saturated carbocycles. The fourth-order valence-corrected chi connectivity index (χ4v) is 3.40. The van der Waals surface area contributed by atoms with Gasteiger partial charge in [0.2, 0.25) is 0 Å². The van der Waals surface area contributed by atoms with Crippen LogP contribution in [-0.4, -0.2) is 42.4 Å². The molecule has 1 heterocycles. The molecule has 0 aromatic heterocycles. The van der Waals surface area contributed by atoms with Crippen molar-refractivity contribution in [3.8, 4) is 5.75 Å². The van der Waals surface area contributed by atoms with Gasteiger partial charge >= 0.3 is 6.36 Å². The van der Waals surface area contributed by atoms with E-state index in [0.717, 1.165) is 25.9 Å². The molecule has 3 rings (SSSR count). The number of nitrogens with one attached hydrogen (secondary N) is 1. The van der Waals surface area contributed by atoms with Crippen LogP contribution in [-0.2, 0) is 0 Å². The summed E-state index contributed by atoms with van der Waals surface area (Å²) in [5.74, 6) is -0.215. The predicted octanol–water partition coefficient (Wildman–Crippen LogP) is 3.95. The van der Waals surface area contributed by atoms with E-state index in [4.69, 9.17) is 5.73 Å². The first-order valence-corrected chi connectivity index (χ1v) is 8.60. The molecule has 26 heavy (non-hydrogen) atoms. The van der Waals surface area contributed by atoms with Crippen molar-refractivity contribution in [3.63, 3.8) is 0 Å². The molecule has 2 aliphatic rings. The number of hydrogen-bond acceptors (Lipinski definition) is 3. The van der Waals surface area contributed by atoms with Crippen LogP contribution in [0.1, 0.15) is 32.1 Å². The smallest absolute Gasteiger partial charge is 0.404 e. The van der Waals surface area contributed by atoms with Crippen molar-refractivity contribution in [3.05, 3.63) is 24.3 Å². The van der Waals surface area contributed by atoms with E-state index in [1.807, 2.05) is 0 Å². The van der Waals surface area contributed by atoms with Crippen molar-refractivity contribution in [1.82, 2.24) is 4.90 Å². The molecule has 0 bridgehead atoms. The first-order valence-electron chi connectivity index (χ1n) is 8.60. The molecular formula is C17H24F3IN4O. The van der Waals surface area contributed by atoms with Gasteiger partial charge in [-0.25, -0.2) is 4.99 Å².